The van der Waals surface area contributed by atoms with Crippen molar-refractivity contribution in [2.75, 3.05) is 5.32 Å². The molecule has 0 bridgehead atoms. The molecule has 2 rings (SSSR count). The Morgan fingerprint density at radius 3 is 2.33 bits per heavy atom. The van der Waals surface area contributed by atoms with Gasteiger partial charge >= 0.3 is 6.03 Å². The van der Waals surface area contributed by atoms with Crippen molar-refractivity contribution in [2.24, 2.45) is 5.73 Å². The lowest BCUT2D eigenvalue weighted by Gasteiger charge is -2.15. The topological polar surface area (TPSA) is 67.2 Å². The molecule has 4 N–H and O–H groups in total. The Balaban J connectivity index is 1.92. The summed E-state index contributed by atoms with van der Waals surface area (Å²) >= 11 is 3.43. The fraction of sp³-hybridized carbons (Fsp3) is 0.188. The first-order chi connectivity index (χ1) is 10.0. The molecule has 0 aliphatic heterocycles. The average Bonchev–Trinajstić information content (AvgIpc) is 2.46. The minimum atomic E-state index is -0.552. The lowest BCUT2D eigenvalue weighted by molar-refractivity contribution is 0.259. The van der Waals surface area contributed by atoms with Crippen LogP contribution in [0.25, 0.3) is 0 Å². The molecule has 0 aliphatic carbocycles. The van der Waals surface area contributed by atoms with E-state index in [-0.39, 0.29) is 6.04 Å². The molecule has 0 aliphatic rings. The molecule has 0 aromatic heterocycles. The van der Waals surface area contributed by atoms with E-state index in [0.29, 0.717) is 5.69 Å². The third kappa shape index (κ3) is 4.88. The van der Waals surface area contributed by atoms with Crippen LogP contribution in [0.15, 0.2) is 53.0 Å². The van der Waals surface area contributed by atoms with Gasteiger partial charge in [-0.2, -0.15) is 0 Å². The lowest BCUT2D eigenvalue weighted by atomic mass is 10.1. The fourth-order valence-corrected chi connectivity index (χ4v) is 2.25. The van der Waals surface area contributed by atoms with E-state index in [1.165, 1.54) is 5.56 Å². The Labute approximate surface area is 132 Å². The highest BCUT2D eigenvalue weighted by Crippen LogP contribution is 2.17. The van der Waals surface area contributed by atoms with Crippen molar-refractivity contribution < 1.29 is 4.79 Å². The predicted molar refractivity (Wildman–Crippen MR) is 89.0 cm³/mol. The van der Waals surface area contributed by atoms with E-state index >= 15 is 0 Å². The monoisotopic (exact) mass is 347 g/mol. The van der Waals surface area contributed by atoms with E-state index in [2.05, 4.69) is 45.6 Å². The summed E-state index contributed by atoms with van der Waals surface area (Å²) in [5.74, 6) is 0. The summed E-state index contributed by atoms with van der Waals surface area (Å²) in [4.78, 5) is 10.8. The molecule has 21 heavy (non-hydrogen) atoms. The van der Waals surface area contributed by atoms with Gasteiger partial charge in [-0.25, -0.2) is 4.79 Å². The minimum Gasteiger partial charge on any atom is -0.351 e. The van der Waals surface area contributed by atoms with Crippen molar-refractivity contribution in [1.29, 1.82) is 0 Å². The summed E-state index contributed by atoms with van der Waals surface area (Å²) in [6, 6.07) is 15.6. The Morgan fingerprint density at radius 2 is 1.76 bits per heavy atom. The fourth-order valence-electron chi connectivity index (χ4n) is 1.99. The molecule has 2 aromatic carbocycles. The molecule has 0 saturated heterocycles. The zero-order valence-electron chi connectivity index (χ0n) is 11.8. The Bertz CT molecular complexity index is 596. The number of halogens is 1. The summed E-state index contributed by atoms with van der Waals surface area (Å²) < 4.78 is 1.08. The van der Waals surface area contributed by atoms with Gasteiger partial charge in [0.05, 0.1) is 0 Å². The zero-order chi connectivity index (χ0) is 15.2. The minimum absolute atomic E-state index is 0.219. The number of hydrogen-bond donors (Lipinski definition) is 3. The quantitative estimate of drug-likeness (QED) is 0.770. The van der Waals surface area contributed by atoms with E-state index in [4.69, 9.17) is 5.73 Å². The molecular formula is C16H18BrN3O. The molecule has 0 radical (unpaired) electrons. The maximum absolute atomic E-state index is 10.8. The number of primary amides is 1. The van der Waals surface area contributed by atoms with Crippen LogP contribution in [0, 0.1) is 0 Å². The van der Waals surface area contributed by atoms with Crippen LogP contribution >= 0.6 is 15.9 Å². The van der Waals surface area contributed by atoms with Crippen LogP contribution in [0.5, 0.6) is 0 Å². The number of carbonyl (C=O) groups is 1. The summed E-state index contributed by atoms with van der Waals surface area (Å²) in [5, 5.41) is 6.02. The highest BCUT2D eigenvalue weighted by atomic mass is 79.9. The van der Waals surface area contributed by atoms with Gasteiger partial charge in [0.2, 0.25) is 0 Å². The van der Waals surface area contributed by atoms with Crippen LogP contribution in [-0.4, -0.2) is 6.03 Å². The molecule has 0 fully saturated rings. The number of anilines is 1. The van der Waals surface area contributed by atoms with Gasteiger partial charge in [0.15, 0.2) is 0 Å². The first-order valence-corrected chi connectivity index (χ1v) is 7.48. The molecular weight excluding hydrogens is 330 g/mol. The first-order valence-electron chi connectivity index (χ1n) is 6.69. The second kappa shape index (κ2) is 7.24. The molecule has 1 atom stereocenters. The van der Waals surface area contributed by atoms with Gasteiger partial charge < -0.3 is 16.4 Å². The van der Waals surface area contributed by atoms with Crippen LogP contribution in [0.2, 0.25) is 0 Å². The van der Waals surface area contributed by atoms with Crippen molar-refractivity contribution in [3.63, 3.8) is 0 Å². The number of urea groups is 1. The van der Waals surface area contributed by atoms with Crippen molar-refractivity contribution in [1.82, 2.24) is 5.32 Å². The van der Waals surface area contributed by atoms with Gasteiger partial charge in [0.1, 0.15) is 0 Å². The Morgan fingerprint density at radius 1 is 1.14 bits per heavy atom. The molecule has 1 unspecified atom stereocenters. The Kier molecular flexibility index (Phi) is 5.36. The number of carbonyl (C=O) groups excluding carboxylic acids is 1. The maximum atomic E-state index is 10.8. The van der Waals surface area contributed by atoms with Crippen molar-refractivity contribution >= 4 is 27.6 Å². The van der Waals surface area contributed by atoms with E-state index < -0.39 is 6.03 Å². The molecule has 4 nitrogen and oxygen atoms in total. The molecule has 5 heteroatoms. The van der Waals surface area contributed by atoms with Crippen LogP contribution in [0.4, 0.5) is 10.5 Å². The third-order valence-electron chi connectivity index (χ3n) is 3.20. The number of benzene rings is 2. The number of nitrogens with two attached hydrogens (primary N) is 1. The van der Waals surface area contributed by atoms with Gasteiger partial charge in [0.25, 0.3) is 0 Å². The van der Waals surface area contributed by atoms with Gasteiger partial charge in [-0.1, -0.05) is 40.2 Å². The molecule has 0 heterocycles. The van der Waals surface area contributed by atoms with Crippen molar-refractivity contribution in [3.05, 3.63) is 64.1 Å². The van der Waals surface area contributed by atoms with Gasteiger partial charge in [-0.05, 0) is 42.3 Å². The average molecular weight is 348 g/mol. The number of amides is 2. The molecule has 110 valence electrons. The van der Waals surface area contributed by atoms with Gasteiger partial charge in [-0.15, -0.1) is 0 Å². The van der Waals surface area contributed by atoms with Crippen LogP contribution in [0.3, 0.4) is 0 Å². The highest BCUT2D eigenvalue weighted by Gasteiger charge is 2.05. The smallest absolute Gasteiger partial charge is 0.316 e. The van der Waals surface area contributed by atoms with E-state index in [0.717, 1.165) is 16.6 Å². The standard InChI is InChI=1S/C16H18BrN3O/c1-11(19-10-12-2-6-14(17)7-3-12)13-4-8-15(9-5-13)20-16(18)21/h2-9,11,19H,10H2,1H3,(H3,18,20,21). The first kappa shape index (κ1) is 15.5. The van der Waals surface area contributed by atoms with E-state index in [9.17, 15) is 4.79 Å². The molecule has 2 aromatic rings. The summed E-state index contributed by atoms with van der Waals surface area (Å²) in [7, 11) is 0. The van der Waals surface area contributed by atoms with Crippen LogP contribution in [0.1, 0.15) is 24.1 Å². The molecule has 0 spiro atoms. The van der Waals surface area contributed by atoms with Crippen molar-refractivity contribution in [3.8, 4) is 0 Å². The Hall–Kier alpha value is -1.85. The highest BCUT2D eigenvalue weighted by molar-refractivity contribution is 9.10. The second-order valence-corrected chi connectivity index (χ2v) is 5.76. The van der Waals surface area contributed by atoms with Gasteiger partial charge in [0, 0.05) is 22.7 Å². The molecule has 2 amide bonds. The zero-order valence-corrected chi connectivity index (χ0v) is 13.4. The number of nitrogens with one attached hydrogen (secondary N) is 2. The van der Waals surface area contributed by atoms with Crippen LogP contribution < -0.4 is 16.4 Å². The largest absolute Gasteiger partial charge is 0.351 e. The lowest BCUT2D eigenvalue weighted by Crippen LogP contribution is -2.20. The number of rotatable bonds is 5. The number of hydrogen-bond acceptors (Lipinski definition) is 2. The summed E-state index contributed by atoms with van der Waals surface area (Å²) in [5.41, 5.74) is 8.17. The molecule has 0 saturated carbocycles. The summed E-state index contributed by atoms with van der Waals surface area (Å²) in [6.45, 7) is 2.91. The van der Waals surface area contributed by atoms with Gasteiger partial charge in [-0.3, -0.25) is 0 Å². The normalized spacial score (nSPS) is 11.9. The van der Waals surface area contributed by atoms with E-state index in [1.807, 2.05) is 36.4 Å². The maximum Gasteiger partial charge on any atom is 0.316 e. The van der Waals surface area contributed by atoms with Crippen molar-refractivity contribution in [2.45, 2.75) is 19.5 Å². The van der Waals surface area contributed by atoms with Crippen LogP contribution in [-0.2, 0) is 6.54 Å². The third-order valence-corrected chi connectivity index (χ3v) is 3.73. The SMILES string of the molecule is CC(NCc1ccc(Br)cc1)c1ccc(NC(N)=O)cc1. The predicted octanol–water partition coefficient (Wildman–Crippen LogP) is 3.79. The van der Waals surface area contributed by atoms with E-state index in [1.54, 1.807) is 0 Å². The summed E-state index contributed by atoms with van der Waals surface area (Å²) in [6.07, 6.45) is 0. The second-order valence-electron chi connectivity index (χ2n) is 4.84.